The molecule has 0 bridgehead atoms. The number of hydrogen-bond donors (Lipinski definition) is 0. The molecule has 0 saturated carbocycles. The van der Waals surface area contributed by atoms with Crippen molar-refractivity contribution < 1.29 is 30.4 Å². The van der Waals surface area contributed by atoms with Crippen molar-refractivity contribution in [2.75, 3.05) is 37.7 Å². The normalized spacial score (nSPS) is 23.9. The van der Waals surface area contributed by atoms with Crippen LogP contribution in [0, 0.1) is 17.6 Å². The van der Waals surface area contributed by atoms with E-state index in [-0.39, 0.29) is 50.0 Å². The largest absolute Gasteiger partial charge is 0.340 e. The molecule has 26 heavy (non-hydrogen) atoms. The Morgan fingerprint density at radius 1 is 1.12 bits per heavy atom. The molecular weight excluding hydrogens is 390 g/mol. The molecule has 0 unspecified atom stereocenters. The first kappa shape index (κ1) is 19.2. The SMILES string of the molecule is O=C([C@H]1CCS(=O)(=O)C1)N1CCN(S(=O)(=O)c2cc(F)ccc2F)CC1. The van der Waals surface area contributed by atoms with E-state index >= 15 is 0 Å². The summed E-state index contributed by atoms with van der Waals surface area (Å²) in [6.07, 6.45) is 0.272. The van der Waals surface area contributed by atoms with E-state index in [9.17, 15) is 30.4 Å². The van der Waals surface area contributed by atoms with Gasteiger partial charge in [-0.15, -0.1) is 0 Å². The molecule has 2 heterocycles. The van der Waals surface area contributed by atoms with Crippen LogP contribution in [0.25, 0.3) is 0 Å². The summed E-state index contributed by atoms with van der Waals surface area (Å²) in [5.41, 5.74) is 0. The average molecular weight is 408 g/mol. The summed E-state index contributed by atoms with van der Waals surface area (Å²) in [6, 6.07) is 2.22. The molecule has 1 aromatic carbocycles. The quantitative estimate of drug-likeness (QED) is 0.714. The maximum Gasteiger partial charge on any atom is 0.246 e. The van der Waals surface area contributed by atoms with E-state index < -0.39 is 42.3 Å². The van der Waals surface area contributed by atoms with E-state index in [4.69, 9.17) is 0 Å². The average Bonchev–Trinajstić information content (AvgIpc) is 2.96. The van der Waals surface area contributed by atoms with Crippen LogP contribution in [0.5, 0.6) is 0 Å². The minimum atomic E-state index is -4.22. The highest BCUT2D eigenvalue weighted by atomic mass is 32.2. The predicted molar refractivity (Wildman–Crippen MR) is 88.5 cm³/mol. The Morgan fingerprint density at radius 2 is 1.77 bits per heavy atom. The van der Waals surface area contributed by atoms with Gasteiger partial charge in [-0.25, -0.2) is 25.6 Å². The third-order valence-electron chi connectivity index (χ3n) is 4.64. The summed E-state index contributed by atoms with van der Waals surface area (Å²) in [7, 11) is -7.41. The molecule has 1 atom stereocenters. The number of carbonyl (C=O) groups is 1. The van der Waals surface area contributed by atoms with E-state index in [0.29, 0.717) is 6.07 Å². The highest BCUT2D eigenvalue weighted by Gasteiger charge is 2.38. The second-order valence-corrected chi connectivity index (χ2v) is 10.5. The summed E-state index contributed by atoms with van der Waals surface area (Å²) < 4.78 is 76.1. The topological polar surface area (TPSA) is 91.8 Å². The predicted octanol–water partition coefficient (Wildman–Crippen LogP) is 0.232. The number of sulfonamides is 1. The molecule has 2 fully saturated rings. The fourth-order valence-electron chi connectivity index (χ4n) is 3.21. The Balaban J connectivity index is 1.68. The Hall–Kier alpha value is -1.59. The van der Waals surface area contributed by atoms with Gasteiger partial charge in [0, 0.05) is 26.2 Å². The van der Waals surface area contributed by atoms with Crippen LogP contribution in [0.15, 0.2) is 23.1 Å². The summed E-state index contributed by atoms with van der Waals surface area (Å²) in [4.78, 5) is 13.1. The summed E-state index contributed by atoms with van der Waals surface area (Å²) >= 11 is 0. The maximum absolute atomic E-state index is 13.8. The number of carbonyl (C=O) groups excluding carboxylic acids is 1. The van der Waals surface area contributed by atoms with Crippen LogP contribution < -0.4 is 0 Å². The highest BCUT2D eigenvalue weighted by Crippen LogP contribution is 2.24. The van der Waals surface area contributed by atoms with Crippen LogP contribution in [-0.4, -0.2) is 69.6 Å². The maximum atomic E-state index is 13.8. The van der Waals surface area contributed by atoms with Gasteiger partial charge in [0.1, 0.15) is 16.5 Å². The third kappa shape index (κ3) is 3.74. The van der Waals surface area contributed by atoms with Crippen LogP contribution in [-0.2, 0) is 24.7 Å². The molecule has 11 heteroatoms. The second kappa shape index (κ2) is 6.86. The lowest BCUT2D eigenvalue weighted by Gasteiger charge is -2.35. The molecular formula is C15H18F2N2O5S2. The lowest BCUT2D eigenvalue weighted by molar-refractivity contribution is -0.135. The van der Waals surface area contributed by atoms with Crippen molar-refractivity contribution in [3.63, 3.8) is 0 Å². The van der Waals surface area contributed by atoms with Gasteiger partial charge in [0.2, 0.25) is 15.9 Å². The van der Waals surface area contributed by atoms with Gasteiger partial charge < -0.3 is 4.90 Å². The lowest BCUT2D eigenvalue weighted by Crippen LogP contribution is -2.52. The molecule has 0 N–H and O–H groups in total. The van der Waals surface area contributed by atoms with E-state index in [0.717, 1.165) is 16.4 Å². The van der Waals surface area contributed by atoms with Crippen LogP contribution in [0.3, 0.4) is 0 Å². The lowest BCUT2D eigenvalue weighted by atomic mass is 10.1. The van der Waals surface area contributed by atoms with Crippen molar-refractivity contribution in [2.45, 2.75) is 11.3 Å². The van der Waals surface area contributed by atoms with Gasteiger partial charge in [0.05, 0.1) is 17.4 Å². The summed E-state index contributed by atoms with van der Waals surface area (Å²) in [5, 5.41) is 0. The Morgan fingerprint density at radius 3 is 2.35 bits per heavy atom. The van der Waals surface area contributed by atoms with Crippen LogP contribution in [0.2, 0.25) is 0 Å². The Kier molecular flexibility index (Phi) is 5.06. The molecule has 2 aliphatic rings. The van der Waals surface area contributed by atoms with Crippen LogP contribution >= 0.6 is 0 Å². The first-order valence-corrected chi connectivity index (χ1v) is 11.3. The van der Waals surface area contributed by atoms with E-state index in [2.05, 4.69) is 0 Å². The van der Waals surface area contributed by atoms with Crippen molar-refractivity contribution in [1.29, 1.82) is 0 Å². The van der Waals surface area contributed by atoms with E-state index in [1.54, 1.807) is 0 Å². The van der Waals surface area contributed by atoms with Gasteiger partial charge in [-0.3, -0.25) is 4.79 Å². The molecule has 1 amide bonds. The van der Waals surface area contributed by atoms with E-state index in [1.165, 1.54) is 4.90 Å². The van der Waals surface area contributed by atoms with Gasteiger partial charge in [-0.2, -0.15) is 4.31 Å². The molecule has 144 valence electrons. The number of hydrogen-bond acceptors (Lipinski definition) is 5. The Labute approximate surface area is 150 Å². The molecule has 0 aliphatic carbocycles. The van der Waals surface area contributed by atoms with Crippen molar-refractivity contribution in [3.05, 3.63) is 29.8 Å². The number of amides is 1. The minimum absolute atomic E-state index is 0.0173. The summed E-state index contributed by atoms with van der Waals surface area (Å²) in [5.74, 6) is -3.00. The van der Waals surface area contributed by atoms with Gasteiger partial charge in [-0.05, 0) is 24.6 Å². The van der Waals surface area contributed by atoms with Crippen molar-refractivity contribution >= 4 is 25.8 Å². The monoisotopic (exact) mass is 408 g/mol. The fraction of sp³-hybridized carbons (Fsp3) is 0.533. The number of piperazine rings is 1. The molecule has 0 radical (unpaired) electrons. The van der Waals surface area contributed by atoms with Crippen molar-refractivity contribution in [1.82, 2.24) is 9.21 Å². The molecule has 7 nitrogen and oxygen atoms in total. The number of rotatable bonds is 3. The highest BCUT2D eigenvalue weighted by molar-refractivity contribution is 7.91. The number of halogens is 2. The zero-order chi connectivity index (χ0) is 19.1. The Bertz CT molecular complexity index is 925. The zero-order valence-electron chi connectivity index (χ0n) is 13.8. The molecule has 0 aromatic heterocycles. The van der Waals surface area contributed by atoms with Crippen LogP contribution in [0.4, 0.5) is 8.78 Å². The zero-order valence-corrected chi connectivity index (χ0v) is 15.4. The smallest absolute Gasteiger partial charge is 0.246 e. The standard InChI is InChI=1S/C15H18F2N2O5S2/c16-12-1-2-13(17)14(9-12)26(23,24)19-6-4-18(5-7-19)15(20)11-3-8-25(21,22)10-11/h1-2,9,11H,3-8,10H2/t11-/m0/s1. The first-order chi connectivity index (χ1) is 12.1. The van der Waals surface area contributed by atoms with Gasteiger partial charge in [0.15, 0.2) is 9.84 Å². The van der Waals surface area contributed by atoms with Gasteiger partial charge >= 0.3 is 0 Å². The number of sulfone groups is 1. The van der Waals surface area contributed by atoms with Crippen molar-refractivity contribution in [3.8, 4) is 0 Å². The first-order valence-electron chi connectivity index (χ1n) is 8.04. The molecule has 0 spiro atoms. The molecule has 3 rings (SSSR count). The van der Waals surface area contributed by atoms with Gasteiger partial charge in [-0.1, -0.05) is 0 Å². The number of nitrogens with zero attached hydrogens (tertiary/aromatic N) is 2. The van der Waals surface area contributed by atoms with Gasteiger partial charge in [0.25, 0.3) is 0 Å². The third-order valence-corrected chi connectivity index (χ3v) is 8.32. The summed E-state index contributed by atoms with van der Waals surface area (Å²) in [6.45, 7) is 0.0179. The second-order valence-electron chi connectivity index (χ2n) is 6.40. The molecule has 2 saturated heterocycles. The van der Waals surface area contributed by atoms with Crippen LogP contribution in [0.1, 0.15) is 6.42 Å². The van der Waals surface area contributed by atoms with E-state index in [1.807, 2.05) is 0 Å². The molecule has 1 aromatic rings. The molecule has 2 aliphatic heterocycles. The fourth-order valence-corrected chi connectivity index (χ4v) is 6.44. The van der Waals surface area contributed by atoms with Crippen molar-refractivity contribution in [2.24, 2.45) is 5.92 Å². The minimum Gasteiger partial charge on any atom is -0.340 e. The number of benzene rings is 1.